The van der Waals surface area contributed by atoms with Crippen molar-refractivity contribution in [2.24, 2.45) is 0 Å². The maximum Gasteiger partial charge on any atom is 0.240 e. The van der Waals surface area contributed by atoms with Crippen LogP contribution < -0.4 is 10.6 Å². The van der Waals surface area contributed by atoms with Crippen LogP contribution >= 0.6 is 0 Å². The number of nitrogens with zero attached hydrogens (tertiary/aromatic N) is 1. The molecule has 4 heteroatoms. The third-order valence-corrected chi connectivity index (χ3v) is 4.68. The van der Waals surface area contributed by atoms with Gasteiger partial charge in [-0.3, -0.25) is 9.69 Å². The van der Waals surface area contributed by atoms with E-state index < -0.39 is 0 Å². The van der Waals surface area contributed by atoms with Gasteiger partial charge >= 0.3 is 0 Å². The van der Waals surface area contributed by atoms with Crippen LogP contribution in [0.4, 0.5) is 0 Å². The quantitative estimate of drug-likeness (QED) is 0.767. The van der Waals surface area contributed by atoms with E-state index in [0.29, 0.717) is 6.04 Å². The second kappa shape index (κ2) is 6.71. The van der Waals surface area contributed by atoms with E-state index >= 15 is 0 Å². The molecule has 2 saturated heterocycles. The van der Waals surface area contributed by atoms with E-state index in [4.69, 9.17) is 0 Å². The topological polar surface area (TPSA) is 44.4 Å². The molecule has 4 nitrogen and oxygen atoms in total. The molecule has 2 atom stereocenters. The van der Waals surface area contributed by atoms with Gasteiger partial charge in [0.25, 0.3) is 0 Å². The molecule has 2 unspecified atom stereocenters. The molecular formula is C15H29N3O. The van der Waals surface area contributed by atoms with Crippen molar-refractivity contribution in [3.05, 3.63) is 0 Å². The summed E-state index contributed by atoms with van der Waals surface area (Å²) in [4.78, 5) is 15.0. The maximum atomic E-state index is 12.5. The van der Waals surface area contributed by atoms with Gasteiger partial charge in [-0.1, -0.05) is 13.3 Å². The van der Waals surface area contributed by atoms with Gasteiger partial charge in [-0.25, -0.2) is 0 Å². The van der Waals surface area contributed by atoms with E-state index in [0.717, 1.165) is 38.8 Å². The summed E-state index contributed by atoms with van der Waals surface area (Å²) in [5, 5.41) is 6.62. The summed E-state index contributed by atoms with van der Waals surface area (Å²) in [5.41, 5.74) is -0.278. The zero-order valence-electron chi connectivity index (χ0n) is 12.5. The molecule has 19 heavy (non-hydrogen) atoms. The molecule has 0 saturated carbocycles. The Balaban J connectivity index is 1.82. The minimum absolute atomic E-state index is 0.220. The summed E-state index contributed by atoms with van der Waals surface area (Å²) in [6.07, 6.45) is 6.73. The fraction of sp³-hybridized carbons (Fsp3) is 0.933. The third kappa shape index (κ3) is 3.48. The summed E-state index contributed by atoms with van der Waals surface area (Å²) in [5.74, 6) is 0.220. The molecule has 2 aliphatic heterocycles. The predicted octanol–water partition coefficient (Wildman–Crippen LogP) is 1.51. The Morgan fingerprint density at radius 1 is 1.37 bits per heavy atom. The second-order valence-electron chi connectivity index (χ2n) is 6.16. The lowest BCUT2D eigenvalue weighted by atomic mass is 9.91. The number of nitrogens with one attached hydrogen (secondary N) is 2. The Morgan fingerprint density at radius 2 is 2.11 bits per heavy atom. The first-order valence-electron chi connectivity index (χ1n) is 7.95. The zero-order chi connectivity index (χ0) is 13.7. The summed E-state index contributed by atoms with van der Waals surface area (Å²) in [6.45, 7) is 8.52. The van der Waals surface area contributed by atoms with Crippen molar-refractivity contribution in [1.82, 2.24) is 15.5 Å². The molecule has 0 aromatic heterocycles. The Kier molecular flexibility index (Phi) is 5.22. The second-order valence-corrected chi connectivity index (χ2v) is 6.16. The minimum atomic E-state index is -0.278. The number of amides is 1. The van der Waals surface area contributed by atoms with Crippen LogP contribution in [0, 0.1) is 0 Å². The van der Waals surface area contributed by atoms with Crippen LogP contribution in [0.2, 0.25) is 0 Å². The molecule has 0 aliphatic carbocycles. The van der Waals surface area contributed by atoms with Crippen LogP contribution in [0.1, 0.15) is 52.4 Å². The number of rotatable bonds is 6. The number of carbonyl (C=O) groups is 1. The predicted molar refractivity (Wildman–Crippen MR) is 78.2 cm³/mol. The van der Waals surface area contributed by atoms with E-state index in [2.05, 4.69) is 29.4 Å². The Morgan fingerprint density at radius 3 is 2.68 bits per heavy atom. The van der Waals surface area contributed by atoms with Crippen LogP contribution in [0.25, 0.3) is 0 Å². The molecule has 2 fully saturated rings. The van der Waals surface area contributed by atoms with Gasteiger partial charge in [-0.2, -0.15) is 0 Å². The Hall–Kier alpha value is -0.610. The van der Waals surface area contributed by atoms with Gasteiger partial charge in [0.15, 0.2) is 0 Å². The highest BCUT2D eigenvalue weighted by Crippen LogP contribution is 2.25. The van der Waals surface area contributed by atoms with Gasteiger partial charge in [0.05, 0.1) is 5.54 Å². The molecule has 110 valence electrons. The highest BCUT2D eigenvalue weighted by atomic mass is 16.2. The number of likely N-dealkylation sites (tertiary alicyclic amines) is 1. The number of hydrogen-bond donors (Lipinski definition) is 2. The lowest BCUT2D eigenvalue weighted by molar-refractivity contribution is -0.127. The first kappa shape index (κ1) is 14.8. The fourth-order valence-corrected chi connectivity index (χ4v) is 3.47. The summed E-state index contributed by atoms with van der Waals surface area (Å²) >= 11 is 0. The standard InChI is InChI=1S/C15H29N3O/c1-3-7-15(8-6-9-17-15)14(19)16-12-13(2)18-10-4-5-11-18/h13,17H,3-12H2,1-2H3,(H,16,19). The highest BCUT2D eigenvalue weighted by molar-refractivity contribution is 5.86. The van der Waals surface area contributed by atoms with E-state index in [9.17, 15) is 4.79 Å². The van der Waals surface area contributed by atoms with E-state index in [1.54, 1.807) is 0 Å². The van der Waals surface area contributed by atoms with Crippen LogP contribution in [0.5, 0.6) is 0 Å². The lowest BCUT2D eigenvalue weighted by Gasteiger charge is -2.30. The molecular weight excluding hydrogens is 238 g/mol. The van der Waals surface area contributed by atoms with E-state index in [1.807, 2.05) is 0 Å². The van der Waals surface area contributed by atoms with Gasteiger partial charge < -0.3 is 10.6 Å². The zero-order valence-corrected chi connectivity index (χ0v) is 12.5. The molecule has 2 N–H and O–H groups in total. The monoisotopic (exact) mass is 267 g/mol. The van der Waals surface area contributed by atoms with Gasteiger partial charge in [0.2, 0.25) is 5.91 Å². The van der Waals surface area contributed by atoms with Crippen molar-refractivity contribution in [2.75, 3.05) is 26.2 Å². The SMILES string of the molecule is CCCC1(C(=O)NCC(C)N2CCCC2)CCCN1. The van der Waals surface area contributed by atoms with Crippen LogP contribution in [0.3, 0.4) is 0 Å². The fourth-order valence-electron chi connectivity index (χ4n) is 3.47. The van der Waals surface area contributed by atoms with Gasteiger partial charge in [0, 0.05) is 12.6 Å². The van der Waals surface area contributed by atoms with Crippen LogP contribution in [0.15, 0.2) is 0 Å². The van der Waals surface area contributed by atoms with Crippen LogP contribution in [-0.4, -0.2) is 48.6 Å². The molecule has 2 heterocycles. The van der Waals surface area contributed by atoms with Gasteiger partial charge in [-0.05, 0) is 58.7 Å². The molecule has 0 aromatic rings. The summed E-state index contributed by atoms with van der Waals surface area (Å²) in [7, 11) is 0. The largest absolute Gasteiger partial charge is 0.353 e. The van der Waals surface area contributed by atoms with E-state index in [-0.39, 0.29) is 11.4 Å². The van der Waals surface area contributed by atoms with Crippen molar-refractivity contribution < 1.29 is 4.79 Å². The average molecular weight is 267 g/mol. The highest BCUT2D eigenvalue weighted by Gasteiger charge is 2.39. The molecule has 2 rings (SSSR count). The first-order chi connectivity index (χ1) is 9.18. The van der Waals surface area contributed by atoms with Crippen molar-refractivity contribution in [3.63, 3.8) is 0 Å². The normalized spacial score (nSPS) is 29.6. The van der Waals surface area contributed by atoms with Crippen molar-refractivity contribution >= 4 is 5.91 Å². The molecule has 1 amide bonds. The van der Waals surface area contributed by atoms with Crippen molar-refractivity contribution in [2.45, 2.75) is 64.0 Å². The summed E-state index contributed by atoms with van der Waals surface area (Å²) in [6, 6.07) is 0.464. The van der Waals surface area contributed by atoms with Crippen LogP contribution in [-0.2, 0) is 4.79 Å². The number of hydrogen-bond acceptors (Lipinski definition) is 3. The first-order valence-corrected chi connectivity index (χ1v) is 7.95. The van der Waals surface area contributed by atoms with Gasteiger partial charge in [0.1, 0.15) is 0 Å². The van der Waals surface area contributed by atoms with Gasteiger partial charge in [-0.15, -0.1) is 0 Å². The average Bonchev–Trinajstić information content (AvgIpc) is 3.07. The van der Waals surface area contributed by atoms with E-state index in [1.165, 1.54) is 25.9 Å². The van der Waals surface area contributed by atoms with Crippen molar-refractivity contribution in [1.29, 1.82) is 0 Å². The number of carbonyl (C=O) groups excluding carboxylic acids is 1. The van der Waals surface area contributed by atoms with Crippen molar-refractivity contribution in [3.8, 4) is 0 Å². The molecule has 0 spiro atoms. The smallest absolute Gasteiger partial charge is 0.240 e. The molecule has 0 bridgehead atoms. The molecule has 0 radical (unpaired) electrons. The summed E-state index contributed by atoms with van der Waals surface area (Å²) < 4.78 is 0. The lowest BCUT2D eigenvalue weighted by Crippen LogP contribution is -2.55. The molecule has 2 aliphatic rings. The Bertz CT molecular complexity index is 294. The minimum Gasteiger partial charge on any atom is -0.353 e. The molecule has 0 aromatic carbocycles. The maximum absolute atomic E-state index is 12.5. The third-order valence-electron chi connectivity index (χ3n) is 4.68. The Labute approximate surface area is 117 Å².